The summed E-state index contributed by atoms with van der Waals surface area (Å²) in [5, 5.41) is 0. The third-order valence-electron chi connectivity index (χ3n) is 10.5. The Kier molecular flexibility index (Phi) is 7.76. The van der Waals surface area contributed by atoms with Crippen LogP contribution in [0.1, 0.15) is 124 Å². The molecular weight excluding hydrogens is 408 g/mol. The Morgan fingerprint density at radius 3 is 2.55 bits per heavy atom. The van der Waals surface area contributed by atoms with Crippen molar-refractivity contribution in [1.82, 2.24) is 0 Å². The van der Waals surface area contributed by atoms with Crippen molar-refractivity contribution in [1.29, 1.82) is 0 Å². The first-order valence-electron chi connectivity index (χ1n) is 14.2. The second-order valence-corrected chi connectivity index (χ2v) is 12.5. The van der Waals surface area contributed by atoms with E-state index in [4.69, 9.17) is 4.74 Å². The summed E-state index contributed by atoms with van der Waals surface area (Å²) in [5.41, 5.74) is 1.80. The molecular formula is C30H48O3. The lowest BCUT2D eigenvalue weighted by Gasteiger charge is -2.57. The third-order valence-corrected chi connectivity index (χ3v) is 10.5. The summed E-state index contributed by atoms with van der Waals surface area (Å²) in [6, 6.07) is 0. The molecule has 3 nitrogen and oxygen atoms in total. The van der Waals surface area contributed by atoms with Gasteiger partial charge in [-0.25, -0.2) is 0 Å². The summed E-state index contributed by atoms with van der Waals surface area (Å²) in [6.45, 7) is 9.19. The highest BCUT2D eigenvalue weighted by Crippen LogP contribution is 2.65. The van der Waals surface area contributed by atoms with Gasteiger partial charge in [-0.3, -0.25) is 9.59 Å². The maximum Gasteiger partial charge on any atom is 0.308 e. The van der Waals surface area contributed by atoms with E-state index in [1.54, 1.807) is 0 Å². The number of fused-ring (bicyclic) bond motifs is 5. The largest absolute Gasteiger partial charge is 0.462 e. The smallest absolute Gasteiger partial charge is 0.308 e. The predicted molar refractivity (Wildman–Crippen MR) is 134 cm³/mol. The molecule has 0 aromatic carbocycles. The van der Waals surface area contributed by atoms with Crippen molar-refractivity contribution in [3.8, 4) is 0 Å². The van der Waals surface area contributed by atoms with Crippen LogP contribution in [0.5, 0.6) is 0 Å². The number of hydrogen-bond donors (Lipinski definition) is 0. The van der Waals surface area contributed by atoms with Crippen molar-refractivity contribution in [2.24, 2.45) is 34.5 Å². The van der Waals surface area contributed by atoms with Crippen LogP contribution in [0.3, 0.4) is 0 Å². The third kappa shape index (κ3) is 4.85. The quantitative estimate of drug-likeness (QED) is 0.262. The Hall–Kier alpha value is -1.12. The molecule has 3 heteroatoms. The fraction of sp³-hybridized carbons (Fsp3) is 0.867. The van der Waals surface area contributed by atoms with E-state index >= 15 is 0 Å². The molecule has 0 aromatic heterocycles. The first-order valence-corrected chi connectivity index (χ1v) is 14.2. The molecule has 0 heterocycles. The minimum absolute atomic E-state index is 0.0243. The summed E-state index contributed by atoms with van der Waals surface area (Å²) < 4.78 is 6.27. The monoisotopic (exact) mass is 456 g/mol. The van der Waals surface area contributed by atoms with Crippen LogP contribution in [-0.2, 0) is 14.3 Å². The number of carbonyl (C=O) groups excluding carboxylic acids is 2. The summed E-state index contributed by atoms with van der Waals surface area (Å²) in [5.74, 6) is 2.50. The van der Waals surface area contributed by atoms with Gasteiger partial charge in [0.15, 0.2) is 5.78 Å². The molecule has 0 saturated heterocycles. The van der Waals surface area contributed by atoms with Crippen LogP contribution in [0.15, 0.2) is 11.6 Å². The van der Waals surface area contributed by atoms with Gasteiger partial charge in [0.1, 0.15) is 6.10 Å². The first-order chi connectivity index (χ1) is 15.8. The zero-order valence-corrected chi connectivity index (χ0v) is 21.8. The van der Waals surface area contributed by atoms with E-state index in [-0.39, 0.29) is 28.8 Å². The van der Waals surface area contributed by atoms with Gasteiger partial charge in [0.2, 0.25) is 0 Å². The second-order valence-electron chi connectivity index (χ2n) is 12.5. The Bertz CT molecular complexity index is 754. The number of allylic oxidation sites excluding steroid dienone is 1. The van der Waals surface area contributed by atoms with Crippen LogP contribution >= 0.6 is 0 Å². The van der Waals surface area contributed by atoms with Crippen molar-refractivity contribution >= 4 is 11.8 Å². The molecule has 4 aliphatic rings. The minimum atomic E-state index is 0.0243. The lowest BCUT2D eigenvalue weighted by Crippen LogP contribution is -2.51. The topological polar surface area (TPSA) is 43.4 Å². The summed E-state index contributed by atoms with van der Waals surface area (Å²) >= 11 is 0. The van der Waals surface area contributed by atoms with Crippen LogP contribution < -0.4 is 0 Å². The molecule has 4 rings (SSSR count). The number of carbonyl (C=O) groups is 2. The van der Waals surface area contributed by atoms with Crippen molar-refractivity contribution in [2.45, 2.75) is 130 Å². The molecule has 3 saturated carbocycles. The van der Waals surface area contributed by atoms with Crippen molar-refractivity contribution in [3.63, 3.8) is 0 Å². The number of esters is 1. The number of hydrogen-bond acceptors (Lipinski definition) is 3. The van der Waals surface area contributed by atoms with Gasteiger partial charge in [-0.15, -0.1) is 0 Å². The molecule has 0 aromatic rings. The van der Waals surface area contributed by atoms with Crippen LogP contribution in [-0.4, -0.2) is 17.9 Å². The van der Waals surface area contributed by atoms with Gasteiger partial charge in [0.25, 0.3) is 0 Å². The molecule has 1 unspecified atom stereocenters. The SMILES string of the molecule is CCCCCCCCC(C)C(=O)O[C@H]1CC[C@H]2[C@@H]3CCC4=CC(=O)CC[C@]4(C)[C@H]3CC[C@]12C. The molecule has 33 heavy (non-hydrogen) atoms. The second kappa shape index (κ2) is 10.2. The molecule has 0 radical (unpaired) electrons. The van der Waals surface area contributed by atoms with E-state index in [9.17, 15) is 9.59 Å². The molecule has 0 N–H and O–H groups in total. The zero-order chi connectivity index (χ0) is 23.6. The lowest BCUT2D eigenvalue weighted by atomic mass is 9.47. The maximum atomic E-state index is 13.0. The van der Waals surface area contributed by atoms with Crippen molar-refractivity contribution in [3.05, 3.63) is 11.6 Å². The van der Waals surface area contributed by atoms with Crippen molar-refractivity contribution in [2.75, 3.05) is 0 Å². The van der Waals surface area contributed by atoms with E-state index in [0.717, 1.165) is 44.4 Å². The standard InChI is InChI=1S/C30H48O3/c1-5-6-7-8-9-10-11-21(2)28(32)33-27-15-14-25-24-13-12-22-20-23(31)16-18-29(22,3)26(24)17-19-30(25,27)4/h20-21,24-27H,5-19H2,1-4H3/t21?,24-,25-,26-,27-,29-,30-/m0/s1. The highest BCUT2D eigenvalue weighted by molar-refractivity contribution is 5.91. The fourth-order valence-corrected chi connectivity index (χ4v) is 8.31. The maximum absolute atomic E-state index is 13.0. The Morgan fingerprint density at radius 1 is 1.00 bits per heavy atom. The number of unbranched alkanes of at least 4 members (excludes halogenated alkanes) is 5. The van der Waals surface area contributed by atoms with Gasteiger partial charge in [0.05, 0.1) is 5.92 Å². The van der Waals surface area contributed by atoms with E-state index in [0.29, 0.717) is 17.6 Å². The van der Waals surface area contributed by atoms with E-state index in [1.807, 2.05) is 6.08 Å². The Balaban J connectivity index is 1.34. The first kappa shape index (κ1) is 25.0. The lowest BCUT2D eigenvalue weighted by molar-refractivity contribution is -0.164. The number of rotatable bonds is 9. The van der Waals surface area contributed by atoms with Gasteiger partial charge < -0.3 is 4.74 Å². The minimum Gasteiger partial charge on any atom is -0.462 e. The molecule has 0 spiro atoms. The molecule has 7 atom stereocenters. The summed E-state index contributed by atoms with van der Waals surface area (Å²) in [7, 11) is 0. The van der Waals surface area contributed by atoms with Gasteiger partial charge in [-0.05, 0) is 80.6 Å². The molecule has 0 amide bonds. The van der Waals surface area contributed by atoms with E-state index in [1.165, 1.54) is 63.4 Å². The van der Waals surface area contributed by atoms with Crippen LogP contribution in [0, 0.1) is 34.5 Å². The van der Waals surface area contributed by atoms with E-state index in [2.05, 4.69) is 27.7 Å². The molecule has 3 fully saturated rings. The highest BCUT2D eigenvalue weighted by Gasteiger charge is 2.60. The van der Waals surface area contributed by atoms with Crippen molar-refractivity contribution < 1.29 is 14.3 Å². The van der Waals surface area contributed by atoms with Crippen LogP contribution in [0.2, 0.25) is 0 Å². The summed E-state index contributed by atoms with van der Waals surface area (Å²) in [4.78, 5) is 25.0. The normalized spacial score (nSPS) is 38.7. The van der Waals surface area contributed by atoms with Gasteiger partial charge in [-0.1, -0.05) is 71.8 Å². The molecule has 4 aliphatic carbocycles. The fourth-order valence-electron chi connectivity index (χ4n) is 8.31. The molecule has 186 valence electrons. The predicted octanol–water partition coefficient (Wildman–Crippen LogP) is 7.82. The Morgan fingerprint density at radius 2 is 1.76 bits per heavy atom. The number of ether oxygens (including phenoxy) is 1. The van der Waals surface area contributed by atoms with Crippen LogP contribution in [0.25, 0.3) is 0 Å². The molecule has 0 bridgehead atoms. The molecule has 0 aliphatic heterocycles. The van der Waals surface area contributed by atoms with Gasteiger partial charge in [0, 0.05) is 11.8 Å². The average Bonchev–Trinajstić information content (AvgIpc) is 3.12. The van der Waals surface area contributed by atoms with Crippen LogP contribution in [0.4, 0.5) is 0 Å². The summed E-state index contributed by atoms with van der Waals surface area (Å²) in [6.07, 6.45) is 19.4. The van der Waals surface area contributed by atoms with E-state index < -0.39 is 0 Å². The van der Waals surface area contributed by atoms with Gasteiger partial charge >= 0.3 is 5.97 Å². The number of ketones is 1. The Labute approximate surface area is 202 Å². The highest BCUT2D eigenvalue weighted by atomic mass is 16.5. The zero-order valence-electron chi connectivity index (χ0n) is 21.8. The van der Waals surface area contributed by atoms with Gasteiger partial charge in [-0.2, -0.15) is 0 Å². The average molecular weight is 457 g/mol.